The summed E-state index contributed by atoms with van der Waals surface area (Å²) in [6.45, 7) is 0.368. The van der Waals surface area contributed by atoms with Crippen molar-refractivity contribution in [2.45, 2.75) is 6.61 Å². The van der Waals surface area contributed by atoms with E-state index in [4.69, 9.17) is 21.1 Å². The number of rotatable bonds is 7. The zero-order chi connectivity index (χ0) is 22.3. The number of halogens is 1. The number of carbonyl (C=O) groups is 1. The Morgan fingerprint density at radius 1 is 0.938 bits per heavy atom. The first-order valence-corrected chi connectivity index (χ1v) is 10.4. The summed E-state index contributed by atoms with van der Waals surface area (Å²) in [6.07, 6.45) is 1.56. The SMILES string of the molecule is COc1ccc(/C=N\NC(=O)c2ccc3ccccc3c2)cc1OCc1ccc(Cl)cc1. The summed E-state index contributed by atoms with van der Waals surface area (Å²) in [7, 11) is 1.59. The van der Waals surface area contributed by atoms with Crippen LogP contribution in [0.5, 0.6) is 11.5 Å². The average molecular weight is 445 g/mol. The molecule has 0 aromatic heterocycles. The van der Waals surface area contributed by atoms with E-state index in [-0.39, 0.29) is 5.91 Å². The Morgan fingerprint density at radius 3 is 2.50 bits per heavy atom. The minimum absolute atomic E-state index is 0.278. The van der Waals surface area contributed by atoms with Gasteiger partial charge in [-0.15, -0.1) is 0 Å². The lowest BCUT2D eigenvalue weighted by Gasteiger charge is -2.11. The highest BCUT2D eigenvalue weighted by Crippen LogP contribution is 2.28. The summed E-state index contributed by atoms with van der Waals surface area (Å²) < 4.78 is 11.3. The van der Waals surface area contributed by atoms with E-state index in [1.807, 2.05) is 66.7 Å². The monoisotopic (exact) mass is 444 g/mol. The highest BCUT2D eigenvalue weighted by atomic mass is 35.5. The van der Waals surface area contributed by atoms with Gasteiger partial charge < -0.3 is 9.47 Å². The molecule has 4 aromatic carbocycles. The summed E-state index contributed by atoms with van der Waals surface area (Å²) >= 11 is 5.93. The Morgan fingerprint density at radius 2 is 1.72 bits per heavy atom. The number of hydrazone groups is 1. The van der Waals surface area contributed by atoms with Crippen LogP contribution in [0.3, 0.4) is 0 Å². The van der Waals surface area contributed by atoms with Crippen molar-refractivity contribution in [3.8, 4) is 11.5 Å². The van der Waals surface area contributed by atoms with Crippen LogP contribution in [0.1, 0.15) is 21.5 Å². The zero-order valence-corrected chi connectivity index (χ0v) is 18.2. The van der Waals surface area contributed by atoms with E-state index in [0.29, 0.717) is 28.7 Å². The molecule has 0 saturated carbocycles. The normalized spacial score (nSPS) is 10.9. The van der Waals surface area contributed by atoms with Gasteiger partial charge in [0.2, 0.25) is 0 Å². The lowest BCUT2D eigenvalue weighted by atomic mass is 10.1. The van der Waals surface area contributed by atoms with E-state index in [9.17, 15) is 4.79 Å². The molecule has 0 aliphatic heterocycles. The van der Waals surface area contributed by atoms with Gasteiger partial charge in [0.15, 0.2) is 11.5 Å². The first-order valence-electron chi connectivity index (χ1n) is 10.00. The number of nitrogens with zero attached hydrogens (tertiary/aromatic N) is 1. The summed E-state index contributed by atoms with van der Waals surface area (Å²) in [5.74, 6) is 0.906. The molecule has 4 rings (SSSR count). The van der Waals surface area contributed by atoms with Gasteiger partial charge in [0.25, 0.3) is 5.91 Å². The second-order valence-electron chi connectivity index (χ2n) is 7.09. The summed E-state index contributed by atoms with van der Waals surface area (Å²) in [4.78, 5) is 12.5. The molecule has 6 heteroatoms. The largest absolute Gasteiger partial charge is 0.493 e. The van der Waals surface area contributed by atoms with Crippen molar-refractivity contribution in [1.29, 1.82) is 0 Å². The Kier molecular flexibility index (Phi) is 6.68. The second kappa shape index (κ2) is 9.98. The predicted molar refractivity (Wildman–Crippen MR) is 128 cm³/mol. The Hall–Kier alpha value is -3.83. The van der Waals surface area contributed by atoms with E-state index in [1.54, 1.807) is 31.5 Å². The van der Waals surface area contributed by atoms with Crippen molar-refractivity contribution in [2.24, 2.45) is 5.10 Å². The van der Waals surface area contributed by atoms with Gasteiger partial charge in [0.1, 0.15) is 6.61 Å². The Labute approximate surface area is 191 Å². The molecule has 0 radical (unpaired) electrons. The van der Waals surface area contributed by atoms with Crippen LogP contribution in [-0.2, 0) is 6.61 Å². The molecule has 0 unspecified atom stereocenters. The average Bonchev–Trinajstić information content (AvgIpc) is 2.83. The highest BCUT2D eigenvalue weighted by molar-refractivity contribution is 6.30. The first kappa shape index (κ1) is 21.4. The maximum atomic E-state index is 12.5. The molecule has 0 saturated heterocycles. The molecule has 0 aliphatic carbocycles. The van der Waals surface area contributed by atoms with Crippen molar-refractivity contribution in [2.75, 3.05) is 7.11 Å². The molecular formula is C26H21ClN2O3. The lowest BCUT2D eigenvalue weighted by Crippen LogP contribution is -2.17. The third-order valence-electron chi connectivity index (χ3n) is 4.89. The number of methoxy groups -OCH3 is 1. The number of nitrogens with one attached hydrogen (secondary N) is 1. The van der Waals surface area contributed by atoms with E-state index in [1.165, 1.54) is 0 Å². The van der Waals surface area contributed by atoms with Crippen LogP contribution in [-0.4, -0.2) is 19.2 Å². The molecule has 1 amide bonds. The fraction of sp³-hybridized carbons (Fsp3) is 0.0769. The number of benzene rings is 4. The van der Waals surface area contributed by atoms with Crippen molar-refractivity contribution in [3.63, 3.8) is 0 Å². The zero-order valence-electron chi connectivity index (χ0n) is 17.4. The number of ether oxygens (including phenoxy) is 2. The van der Waals surface area contributed by atoms with E-state index in [0.717, 1.165) is 21.9 Å². The van der Waals surface area contributed by atoms with Crippen LogP contribution >= 0.6 is 11.6 Å². The van der Waals surface area contributed by atoms with Gasteiger partial charge in [0, 0.05) is 10.6 Å². The van der Waals surface area contributed by atoms with Crippen molar-refractivity contribution < 1.29 is 14.3 Å². The molecule has 0 aliphatic rings. The molecular weight excluding hydrogens is 424 g/mol. The summed E-state index contributed by atoms with van der Waals surface area (Å²) in [6, 6.07) is 26.3. The van der Waals surface area contributed by atoms with Crippen LogP contribution in [0.4, 0.5) is 0 Å². The van der Waals surface area contributed by atoms with Crippen molar-refractivity contribution in [1.82, 2.24) is 5.43 Å². The van der Waals surface area contributed by atoms with Crippen LogP contribution < -0.4 is 14.9 Å². The first-order chi connectivity index (χ1) is 15.6. The number of carbonyl (C=O) groups excluding carboxylic acids is 1. The second-order valence-corrected chi connectivity index (χ2v) is 7.52. The molecule has 0 heterocycles. The maximum absolute atomic E-state index is 12.5. The number of amides is 1. The molecule has 32 heavy (non-hydrogen) atoms. The summed E-state index contributed by atoms with van der Waals surface area (Å²) in [5.41, 5.74) is 4.86. The number of hydrogen-bond acceptors (Lipinski definition) is 4. The summed E-state index contributed by atoms with van der Waals surface area (Å²) in [5, 5.41) is 6.85. The van der Waals surface area contributed by atoms with Gasteiger partial charge in [-0.25, -0.2) is 5.43 Å². The molecule has 0 bridgehead atoms. The van der Waals surface area contributed by atoms with Gasteiger partial charge in [-0.05, 0) is 64.4 Å². The Balaban J connectivity index is 1.42. The van der Waals surface area contributed by atoms with E-state index in [2.05, 4.69) is 10.5 Å². The fourth-order valence-electron chi connectivity index (χ4n) is 3.19. The van der Waals surface area contributed by atoms with Gasteiger partial charge >= 0.3 is 0 Å². The smallest absolute Gasteiger partial charge is 0.271 e. The van der Waals surface area contributed by atoms with Gasteiger partial charge in [-0.2, -0.15) is 5.10 Å². The van der Waals surface area contributed by atoms with Crippen molar-refractivity contribution >= 4 is 34.5 Å². The van der Waals surface area contributed by atoms with Gasteiger partial charge in [0.05, 0.1) is 13.3 Å². The standard InChI is InChI=1S/C26H21ClN2O3/c1-31-24-13-8-19(14-25(24)32-17-18-6-11-23(27)12-7-18)16-28-29-26(30)22-10-9-20-4-2-3-5-21(20)15-22/h2-16H,17H2,1H3,(H,29,30)/b28-16-. The lowest BCUT2D eigenvalue weighted by molar-refractivity contribution is 0.0955. The third-order valence-corrected chi connectivity index (χ3v) is 5.14. The van der Waals surface area contributed by atoms with Gasteiger partial charge in [-0.3, -0.25) is 4.79 Å². The molecule has 0 fully saturated rings. The predicted octanol–water partition coefficient (Wildman–Crippen LogP) is 5.84. The van der Waals surface area contributed by atoms with Crippen LogP contribution in [0.25, 0.3) is 10.8 Å². The molecule has 1 N–H and O–H groups in total. The fourth-order valence-corrected chi connectivity index (χ4v) is 3.31. The molecule has 5 nitrogen and oxygen atoms in total. The maximum Gasteiger partial charge on any atom is 0.271 e. The quantitative estimate of drug-likeness (QED) is 0.287. The molecule has 4 aromatic rings. The molecule has 160 valence electrons. The van der Waals surface area contributed by atoms with Crippen molar-refractivity contribution in [3.05, 3.63) is 107 Å². The third kappa shape index (κ3) is 5.25. The minimum atomic E-state index is -0.278. The Bertz CT molecular complexity index is 1270. The van der Waals surface area contributed by atoms with E-state index < -0.39 is 0 Å². The topological polar surface area (TPSA) is 59.9 Å². The minimum Gasteiger partial charge on any atom is -0.493 e. The highest BCUT2D eigenvalue weighted by Gasteiger charge is 2.07. The number of hydrogen-bond donors (Lipinski definition) is 1. The molecule has 0 spiro atoms. The van der Waals surface area contributed by atoms with Crippen LogP contribution in [0.2, 0.25) is 5.02 Å². The van der Waals surface area contributed by atoms with Crippen LogP contribution in [0, 0.1) is 0 Å². The van der Waals surface area contributed by atoms with Gasteiger partial charge in [-0.1, -0.05) is 54.1 Å². The molecule has 0 atom stereocenters. The van der Waals surface area contributed by atoms with Crippen LogP contribution in [0.15, 0.2) is 90.0 Å². The van der Waals surface area contributed by atoms with E-state index >= 15 is 0 Å². The number of fused-ring (bicyclic) bond motifs is 1.